The molecule has 2 aromatic heterocycles. The molecule has 2 aliphatic rings. The van der Waals surface area contributed by atoms with Crippen LogP contribution in [0.25, 0.3) is 11.1 Å². The maximum Gasteiger partial charge on any atom is 0.269 e. The Kier molecular flexibility index (Phi) is 8.06. The van der Waals surface area contributed by atoms with Crippen molar-refractivity contribution in [3.63, 3.8) is 0 Å². The lowest BCUT2D eigenvalue weighted by atomic mass is 9.99. The number of hydrogen-bond acceptors (Lipinski definition) is 6. The van der Waals surface area contributed by atoms with Crippen LogP contribution in [0.5, 0.6) is 0 Å². The monoisotopic (exact) mass is 556 g/mol. The molecule has 0 atom stereocenters. The minimum absolute atomic E-state index is 0.00184. The summed E-state index contributed by atoms with van der Waals surface area (Å²) in [5.41, 5.74) is 1.53. The zero-order valence-electron chi connectivity index (χ0n) is 22.3. The molecule has 1 aromatic carbocycles. The minimum atomic E-state index is -2.90. The molecule has 40 heavy (non-hydrogen) atoms. The van der Waals surface area contributed by atoms with Gasteiger partial charge in [-0.1, -0.05) is 13.0 Å². The number of anilines is 2. The molecule has 0 aliphatic carbocycles. The lowest BCUT2D eigenvalue weighted by Crippen LogP contribution is -2.36. The van der Waals surface area contributed by atoms with Gasteiger partial charge in [-0.15, -0.1) is 0 Å². The Hall–Kier alpha value is -3.93. The summed E-state index contributed by atoms with van der Waals surface area (Å²) in [5, 5.41) is 10.2. The fourth-order valence-electron chi connectivity index (χ4n) is 5.27. The second-order valence-electron chi connectivity index (χ2n) is 9.84. The van der Waals surface area contributed by atoms with Crippen LogP contribution in [-0.4, -0.2) is 58.3 Å². The SMILES string of the molecule is CCC(=O)N1CCc2c(c(Nc3cc(C(F)F)c(-c4ccc(C(=O)NC)nc4)cc3F)nn2C2CCOCC2)C1. The number of carbonyl (C=O) groups excluding carboxylic acids is 2. The van der Waals surface area contributed by atoms with Crippen molar-refractivity contribution in [1.82, 2.24) is 25.0 Å². The van der Waals surface area contributed by atoms with Crippen molar-refractivity contribution in [3.8, 4) is 11.1 Å². The van der Waals surface area contributed by atoms with E-state index in [1.165, 1.54) is 25.4 Å². The number of rotatable bonds is 7. The summed E-state index contributed by atoms with van der Waals surface area (Å²) in [6.45, 7) is 3.87. The third-order valence-corrected chi connectivity index (χ3v) is 7.44. The van der Waals surface area contributed by atoms with Crippen molar-refractivity contribution in [3.05, 3.63) is 58.8 Å². The van der Waals surface area contributed by atoms with Crippen LogP contribution in [0, 0.1) is 5.82 Å². The van der Waals surface area contributed by atoms with Crippen molar-refractivity contribution < 1.29 is 27.5 Å². The first-order valence-corrected chi connectivity index (χ1v) is 13.3. The number of ether oxygens (including phenoxy) is 1. The maximum atomic E-state index is 15.5. The van der Waals surface area contributed by atoms with Gasteiger partial charge in [-0.3, -0.25) is 19.3 Å². The second kappa shape index (κ2) is 11.7. The fourth-order valence-corrected chi connectivity index (χ4v) is 5.27. The lowest BCUT2D eigenvalue weighted by molar-refractivity contribution is -0.131. The average molecular weight is 557 g/mol. The predicted octanol–water partition coefficient (Wildman–Crippen LogP) is 4.77. The second-order valence-corrected chi connectivity index (χ2v) is 9.84. The molecule has 4 heterocycles. The van der Waals surface area contributed by atoms with Crippen molar-refractivity contribution in [2.75, 3.05) is 32.1 Å². The van der Waals surface area contributed by atoms with Gasteiger partial charge in [0.2, 0.25) is 5.91 Å². The van der Waals surface area contributed by atoms with Gasteiger partial charge in [-0.05, 0) is 36.6 Å². The van der Waals surface area contributed by atoms with E-state index in [2.05, 4.69) is 15.6 Å². The molecule has 3 aromatic rings. The molecule has 5 rings (SSSR count). The van der Waals surface area contributed by atoms with Gasteiger partial charge in [-0.2, -0.15) is 5.10 Å². The van der Waals surface area contributed by atoms with Gasteiger partial charge in [0.1, 0.15) is 11.5 Å². The van der Waals surface area contributed by atoms with E-state index in [4.69, 9.17) is 9.84 Å². The topological polar surface area (TPSA) is 101 Å². The number of aromatic nitrogens is 3. The molecular formula is C28H31F3N6O3. The Balaban J connectivity index is 1.51. The van der Waals surface area contributed by atoms with E-state index in [9.17, 15) is 18.4 Å². The highest BCUT2D eigenvalue weighted by molar-refractivity contribution is 5.92. The van der Waals surface area contributed by atoms with Crippen LogP contribution < -0.4 is 10.6 Å². The summed E-state index contributed by atoms with van der Waals surface area (Å²) in [7, 11) is 1.46. The molecule has 2 amide bonds. The molecule has 12 heteroatoms. The summed E-state index contributed by atoms with van der Waals surface area (Å²) < 4.78 is 51.3. The number of fused-ring (bicyclic) bond motifs is 1. The van der Waals surface area contributed by atoms with Crippen molar-refractivity contribution in [2.24, 2.45) is 0 Å². The Morgan fingerprint density at radius 3 is 2.62 bits per heavy atom. The van der Waals surface area contributed by atoms with Gasteiger partial charge in [0.25, 0.3) is 12.3 Å². The third kappa shape index (κ3) is 5.40. The average Bonchev–Trinajstić information content (AvgIpc) is 3.35. The van der Waals surface area contributed by atoms with E-state index in [1.54, 1.807) is 11.8 Å². The standard InChI is InChI=1S/C28H31F3N6O3/c1-3-25(38)36-9-6-24-20(15-36)27(35-37(24)17-7-10-40-11-8-17)34-23-13-19(26(30)31)18(12-21(23)29)16-4-5-22(33-14-16)28(39)32-2/h4-5,12-14,17,26H,3,6-11,15H2,1-2H3,(H,32,39)(H,34,35). The van der Waals surface area contributed by atoms with Gasteiger partial charge >= 0.3 is 0 Å². The highest BCUT2D eigenvalue weighted by Gasteiger charge is 2.31. The molecule has 2 N–H and O–H groups in total. The van der Waals surface area contributed by atoms with E-state index in [0.29, 0.717) is 45.0 Å². The Labute approximate surface area is 229 Å². The number of alkyl halides is 2. The summed E-state index contributed by atoms with van der Waals surface area (Å²) in [6, 6.07) is 5.07. The molecule has 1 saturated heterocycles. The number of hydrogen-bond donors (Lipinski definition) is 2. The number of halogens is 3. The van der Waals surface area contributed by atoms with Crippen molar-refractivity contribution in [2.45, 2.75) is 51.6 Å². The number of amides is 2. The van der Waals surface area contributed by atoms with E-state index < -0.39 is 18.1 Å². The molecule has 0 unspecified atom stereocenters. The normalized spacial score (nSPS) is 15.7. The van der Waals surface area contributed by atoms with E-state index in [-0.39, 0.29) is 40.0 Å². The van der Waals surface area contributed by atoms with E-state index >= 15 is 4.39 Å². The molecule has 0 spiro atoms. The van der Waals surface area contributed by atoms with Crippen LogP contribution in [0.15, 0.2) is 30.5 Å². The Bertz CT molecular complexity index is 1400. The van der Waals surface area contributed by atoms with Crippen LogP contribution >= 0.6 is 0 Å². The molecule has 0 saturated carbocycles. The predicted molar refractivity (Wildman–Crippen MR) is 142 cm³/mol. The molecule has 212 valence electrons. The maximum absolute atomic E-state index is 15.5. The zero-order valence-corrected chi connectivity index (χ0v) is 22.3. The molecule has 2 aliphatic heterocycles. The van der Waals surface area contributed by atoms with Crippen LogP contribution in [-0.2, 0) is 22.5 Å². The first-order chi connectivity index (χ1) is 19.3. The van der Waals surface area contributed by atoms with Gasteiger partial charge in [0.15, 0.2) is 5.82 Å². The lowest BCUT2D eigenvalue weighted by Gasteiger charge is -2.30. The van der Waals surface area contributed by atoms with Crippen LogP contribution in [0.2, 0.25) is 0 Å². The van der Waals surface area contributed by atoms with Crippen LogP contribution in [0.3, 0.4) is 0 Å². The number of pyridine rings is 1. The largest absolute Gasteiger partial charge is 0.381 e. The van der Waals surface area contributed by atoms with Gasteiger partial charge in [0.05, 0.1) is 18.3 Å². The molecule has 9 nitrogen and oxygen atoms in total. The summed E-state index contributed by atoms with van der Waals surface area (Å²) in [4.78, 5) is 30.0. The van der Waals surface area contributed by atoms with Crippen LogP contribution in [0.4, 0.5) is 24.7 Å². The minimum Gasteiger partial charge on any atom is -0.381 e. The van der Waals surface area contributed by atoms with Gasteiger partial charge in [0, 0.05) is 68.2 Å². The molecule has 1 fully saturated rings. The molecular weight excluding hydrogens is 525 g/mol. The highest BCUT2D eigenvalue weighted by Crippen LogP contribution is 2.38. The highest BCUT2D eigenvalue weighted by atomic mass is 19.3. The first kappa shape index (κ1) is 27.6. The number of nitrogens with one attached hydrogen (secondary N) is 2. The smallest absolute Gasteiger partial charge is 0.269 e. The molecule has 0 bridgehead atoms. The zero-order chi connectivity index (χ0) is 28.4. The van der Waals surface area contributed by atoms with Crippen LogP contribution in [0.1, 0.15) is 66.0 Å². The van der Waals surface area contributed by atoms with E-state index in [1.807, 2.05) is 4.68 Å². The summed E-state index contributed by atoms with van der Waals surface area (Å²) >= 11 is 0. The number of nitrogens with zero attached hydrogens (tertiary/aromatic N) is 4. The number of benzene rings is 1. The molecule has 0 radical (unpaired) electrons. The third-order valence-electron chi connectivity index (χ3n) is 7.44. The quantitative estimate of drug-likeness (QED) is 0.435. The van der Waals surface area contributed by atoms with Gasteiger partial charge in [-0.25, -0.2) is 13.2 Å². The Morgan fingerprint density at radius 1 is 1.20 bits per heavy atom. The number of carbonyl (C=O) groups is 2. The summed E-state index contributed by atoms with van der Waals surface area (Å²) in [5.74, 6) is -0.823. The summed E-state index contributed by atoms with van der Waals surface area (Å²) in [6.07, 6.45) is 0.868. The fraction of sp³-hybridized carbons (Fsp3) is 0.429. The van der Waals surface area contributed by atoms with E-state index in [0.717, 1.165) is 36.2 Å². The van der Waals surface area contributed by atoms with Crippen molar-refractivity contribution >= 4 is 23.3 Å². The first-order valence-electron chi connectivity index (χ1n) is 13.3. The van der Waals surface area contributed by atoms with Gasteiger partial charge < -0.3 is 20.3 Å². The Morgan fingerprint density at radius 2 is 1.98 bits per heavy atom. The van der Waals surface area contributed by atoms with Crippen molar-refractivity contribution in [1.29, 1.82) is 0 Å².